The summed E-state index contributed by atoms with van der Waals surface area (Å²) in [6.45, 7) is 3.87. The third-order valence-electron chi connectivity index (χ3n) is 3.08. The highest BCUT2D eigenvalue weighted by Gasteiger charge is 2.13. The van der Waals surface area contributed by atoms with Gasteiger partial charge in [0.25, 0.3) is 0 Å². The van der Waals surface area contributed by atoms with E-state index >= 15 is 0 Å². The zero-order valence-electron chi connectivity index (χ0n) is 11.2. The highest BCUT2D eigenvalue weighted by atomic mass is 16.5. The van der Waals surface area contributed by atoms with Crippen molar-refractivity contribution in [3.63, 3.8) is 0 Å². The molecule has 1 heterocycles. The molecule has 4 nitrogen and oxygen atoms in total. The average molecular weight is 260 g/mol. The SMILES string of the molecule is COC(=O)c1ccc(Cc2c(C)cc(O)cc2C)o1. The number of carbonyl (C=O) groups excluding carboxylic acids is 1. The maximum atomic E-state index is 11.3. The molecule has 0 aliphatic carbocycles. The van der Waals surface area contributed by atoms with Gasteiger partial charge in [0.2, 0.25) is 5.76 Å². The summed E-state index contributed by atoms with van der Waals surface area (Å²) >= 11 is 0. The monoisotopic (exact) mass is 260 g/mol. The molecule has 0 aliphatic rings. The van der Waals surface area contributed by atoms with Crippen LogP contribution >= 0.6 is 0 Å². The van der Waals surface area contributed by atoms with Gasteiger partial charge in [-0.15, -0.1) is 0 Å². The minimum atomic E-state index is -0.481. The largest absolute Gasteiger partial charge is 0.508 e. The number of carbonyl (C=O) groups is 1. The second-order valence-electron chi connectivity index (χ2n) is 4.49. The van der Waals surface area contributed by atoms with Crippen LogP contribution in [0.2, 0.25) is 0 Å². The highest BCUT2D eigenvalue weighted by molar-refractivity contribution is 5.86. The first-order valence-corrected chi connectivity index (χ1v) is 5.97. The summed E-state index contributed by atoms with van der Waals surface area (Å²) in [6, 6.07) is 6.79. The average Bonchev–Trinajstić information content (AvgIpc) is 2.81. The smallest absolute Gasteiger partial charge is 0.373 e. The number of hydrogen-bond donors (Lipinski definition) is 1. The summed E-state index contributed by atoms with van der Waals surface area (Å²) in [5.74, 6) is 0.669. The van der Waals surface area contributed by atoms with E-state index in [0.717, 1.165) is 16.7 Å². The molecule has 0 bridgehead atoms. The van der Waals surface area contributed by atoms with Gasteiger partial charge >= 0.3 is 5.97 Å². The molecule has 2 aromatic rings. The van der Waals surface area contributed by atoms with Gasteiger partial charge in [-0.2, -0.15) is 0 Å². The van der Waals surface area contributed by atoms with Gasteiger partial charge in [0.05, 0.1) is 7.11 Å². The number of phenolic OH excluding ortho intramolecular Hbond substituents is 1. The first-order chi connectivity index (χ1) is 9.01. The third-order valence-corrected chi connectivity index (χ3v) is 3.08. The Bertz CT molecular complexity index is 587. The van der Waals surface area contributed by atoms with Gasteiger partial charge in [0.1, 0.15) is 11.5 Å². The van der Waals surface area contributed by atoms with Gasteiger partial charge in [-0.1, -0.05) is 0 Å². The molecular formula is C15H16O4. The van der Waals surface area contributed by atoms with Gasteiger partial charge in [-0.3, -0.25) is 0 Å². The van der Waals surface area contributed by atoms with Crippen LogP contribution in [-0.2, 0) is 11.2 Å². The molecule has 0 fully saturated rings. The normalized spacial score (nSPS) is 10.5. The zero-order chi connectivity index (χ0) is 14.0. The fourth-order valence-corrected chi connectivity index (χ4v) is 2.11. The van der Waals surface area contributed by atoms with E-state index in [-0.39, 0.29) is 11.5 Å². The van der Waals surface area contributed by atoms with E-state index in [9.17, 15) is 9.90 Å². The van der Waals surface area contributed by atoms with Crippen molar-refractivity contribution in [1.29, 1.82) is 0 Å². The Kier molecular flexibility index (Phi) is 3.60. The van der Waals surface area contributed by atoms with Crippen molar-refractivity contribution in [3.05, 3.63) is 52.5 Å². The fraction of sp³-hybridized carbons (Fsp3) is 0.267. The van der Waals surface area contributed by atoms with Crippen molar-refractivity contribution in [2.45, 2.75) is 20.3 Å². The van der Waals surface area contributed by atoms with Gasteiger partial charge in [-0.25, -0.2) is 4.79 Å². The first-order valence-electron chi connectivity index (χ1n) is 5.97. The van der Waals surface area contributed by atoms with E-state index in [4.69, 9.17) is 4.42 Å². The van der Waals surface area contributed by atoms with Crippen LogP contribution in [0.25, 0.3) is 0 Å². The summed E-state index contributed by atoms with van der Waals surface area (Å²) in [6.07, 6.45) is 0.578. The summed E-state index contributed by atoms with van der Waals surface area (Å²) < 4.78 is 10.0. The van der Waals surface area contributed by atoms with Crippen LogP contribution in [0.3, 0.4) is 0 Å². The molecule has 0 radical (unpaired) electrons. The molecule has 0 aliphatic heterocycles. The second-order valence-corrected chi connectivity index (χ2v) is 4.49. The molecule has 0 amide bonds. The number of methoxy groups -OCH3 is 1. The van der Waals surface area contributed by atoms with E-state index in [2.05, 4.69) is 4.74 Å². The Balaban J connectivity index is 2.27. The Hall–Kier alpha value is -2.23. The van der Waals surface area contributed by atoms with Crippen LogP contribution in [-0.4, -0.2) is 18.2 Å². The lowest BCUT2D eigenvalue weighted by atomic mass is 9.98. The highest BCUT2D eigenvalue weighted by Crippen LogP contribution is 2.24. The van der Waals surface area contributed by atoms with E-state index in [1.165, 1.54) is 7.11 Å². The summed E-state index contributed by atoms with van der Waals surface area (Å²) in [4.78, 5) is 11.3. The summed E-state index contributed by atoms with van der Waals surface area (Å²) in [5, 5.41) is 9.51. The number of hydrogen-bond acceptors (Lipinski definition) is 4. The lowest BCUT2D eigenvalue weighted by molar-refractivity contribution is 0.0563. The quantitative estimate of drug-likeness (QED) is 0.862. The maximum absolute atomic E-state index is 11.3. The number of ether oxygens (including phenoxy) is 1. The predicted molar refractivity (Wildman–Crippen MR) is 70.4 cm³/mol. The number of aryl methyl sites for hydroxylation is 2. The molecule has 0 unspecified atom stereocenters. The molecule has 0 saturated carbocycles. The van der Waals surface area contributed by atoms with Crippen molar-refractivity contribution in [2.75, 3.05) is 7.11 Å². The van der Waals surface area contributed by atoms with Crippen LogP contribution < -0.4 is 0 Å². The van der Waals surface area contributed by atoms with E-state index in [0.29, 0.717) is 12.2 Å². The van der Waals surface area contributed by atoms with Crippen LogP contribution in [0, 0.1) is 13.8 Å². The Morgan fingerprint density at radius 3 is 2.47 bits per heavy atom. The molecule has 0 atom stereocenters. The van der Waals surface area contributed by atoms with E-state index < -0.39 is 5.97 Å². The molecule has 1 aromatic carbocycles. The number of phenols is 1. The van der Waals surface area contributed by atoms with Crippen molar-refractivity contribution in [2.24, 2.45) is 0 Å². The summed E-state index contributed by atoms with van der Waals surface area (Å²) in [7, 11) is 1.32. The van der Waals surface area contributed by atoms with Gasteiger partial charge in [-0.05, 0) is 54.8 Å². The first kappa shape index (κ1) is 13.2. The zero-order valence-corrected chi connectivity index (χ0v) is 11.2. The molecule has 1 N–H and O–H groups in total. The minimum Gasteiger partial charge on any atom is -0.508 e. The molecule has 0 spiro atoms. The number of furan rings is 1. The third kappa shape index (κ3) is 2.78. The van der Waals surface area contributed by atoms with E-state index in [1.54, 1.807) is 24.3 Å². The fourth-order valence-electron chi connectivity index (χ4n) is 2.11. The van der Waals surface area contributed by atoms with Crippen LogP contribution in [0.15, 0.2) is 28.7 Å². The standard InChI is InChI=1S/C15H16O4/c1-9-6-11(16)7-10(2)13(9)8-12-4-5-14(19-12)15(17)18-3/h4-7,16H,8H2,1-3H3. The van der Waals surface area contributed by atoms with Gasteiger partial charge in [0.15, 0.2) is 0 Å². The number of esters is 1. The van der Waals surface area contributed by atoms with Crippen molar-refractivity contribution >= 4 is 5.97 Å². The number of rotatable bonds is 3. The second kappa shape index (κ2) is 5.18. The van der Waals surface area contributed by atoms with E-state index in [1.807, 2.05) is 13.8 Å². The predicted octanol–water partition coefficient (Wildman–Crippen LogP) is 2.98. The van der Waals surface area contributed by atoms with Crippen molar-refractivity contribution < 1.29 is 19.1 Å². The Morgan fingerprint density at radius 1 is 1.26 bits per heavy atom. The summed E-state index contributed by atoms with van der Waals surface area (Å²) in [5.41, 5.74) is 3.07. The topological polar surface area (TPSA) is 59.7 Å². The van der Waals surface area contributed by atoms with Crippen LogP contribution in [0.5, 0.6) is 5.75 Å². The number of aromatic hydroxyl groups is 1. The Morgan fingerprint density at radius 2 is 1.89 bits per heavy atom. The molecule has 100 valence electrons. The molecule has 19 heavy (non-hydrogen) atoms. The van der Waals surface area contributed by atoms with Gasteiger partial charge < -0.3 is 14.3 Å². The molecule has 1 aromatic heterocycles. The number of benzene rings is 1. The molecular weight excluding hydrogens is 244 g/mol. The minimum absolute atomic E-state index is 0.201. The lowest BCUT2D eigenvalue weighted by Gasteiger charge is -2.09. The van der Waals surface area contributed by atoms with Gasteiger partial charge in [0, 0.05) is 6.42 Å². The molecule has 4 heteroatoms. The molecule has 2 rings (SSSR count). The lowest BCUT2D eigenvalue weighted by Crippen LogP contribution is -1.98. The molecule has 0 saturated heterocycles. The van der Waals surface area contributed by atoms with Crippen LogP contribution in [0.1, 0.15) is 33.0 Å². The maximum Gasteiger partial charge on any atom is 0.373 e. The van der Waals surface area contributed by atoms with Crippen molar-refractivity contribution in [3.8, 4) is 5.75 Å². The van der Waals surface area contributed by atoms with Crippen LogP contribution in [0.4, 0.5) is 0 Å². The Labute approximate surface area is 111 Å². The van der Waals surface area contributed by atoms with Crippen molar-refractivity contribution in [1.82, 2.24) is 0 Å².